The van der Waals surface area contributed by atoms with Crippen molar-refractivity contribution in [3.8, 4) is 17.2 Å². The minimum Gasteiger partial charge on any atom is -0.497 e. The summed E-state index contributed by atoms with van der Waals surface area (Å²) in [6, 6.07) is 14.3. The van der Waals surface area contributed by atoms with Gasteiger partial charge in [0.1, 0.15) is 5.75 Å². The van der Waals surface area contributed by atoms with E-state index in [1.54, 1.807) is 7.11 Å². The molecule has 0 aromatic heterocycles. The molecule has 29 heavy (non-hydrogen) atoms. The second-order valence-corrected chi connectivity index (χ2v) is 7.25. The standard InChI is InChI=1S/C22H27N3O3.HI/c1-3-23-21(24-13-16-4-7-18(26-2)8-5-16)25-14-22(10-11-22)17-6-9-19-20(12-17)28-15-27-19;/h4-9,12H,3,10-11,13-15H2,1-2H3,(H2,23,24,25);1H. The molecule has 0 amide bonds. The molecule has 1 saturated carbocycles. The average Bonchev–Trinajstić information content (AvgIpc) is 3.38. The van der Waals surface area contributed by atoms with Crippen LogP contribution in [0.3, 0.4) is 0 Å². The number of hydrogen-bond acceptors (Lipinski definition) is 4. The molecule has 1 aliphatic heterocycles. The van der Waals surface area contributed by atoms with Crippen molar-refractivity contribution in [2.24, 2.45) is 4.99 Å². The van der Waals surface area contributed by atoms with Crippen LogP contribution < -0.4 is 24.8 Å². The third-order valence-corrected chi connectivity index (χ3v) is 5.36. The molecule has 0 atom stereocenters. The Morgan fingerprint density at radius 3 is 2.52 bits per heavy atom. The van der Waals surface area contributed by atoms with Crippen LogP contribution in [0.5, 0.6) is 17.2 Å². The van der Waals surface area contributed by atoms with Gasteiger partial charge in [-0.25, -0.2) is 4.99 Å². The first kappa shape index (κ1) is 21.5. The molecule has 0 saturated heterocycles. The number of benzene rings is 2. The van der Waals surface area contributed by atoms with Crippen molar-refractivity contribution in [2.45, 2.75) is 31.7 Å². The van der Waals surface area contributed by atoms with E-state index in [-0.39, 0.29) is 29.4 Å². The van der Waals surface area contributed by atoms with Crippen LogP contribution in [-0.4, -0.2) is 33.0 Å². The van der Waals surface area contributed by atoms with E-state index in [0.29, 0.717) is 13.3 Å². The molecule has 0 unspecified atom stereocenters. The molecule has 2 aliphatic rings. The largest absolute Gasteiger partial charge is 0.497 e. The Morgan fingerprint density at radius 2 is 1.83 bits per heavy atom. The molecular formula is C22H28IN3O3. The molecule has 1 heterocycles. The fraction of sp³-hybridized carbons (Fsp3) is 0.409. The Bertz CT molecular complexity index is 851. The Balaban J connectivity index is 0.00000240. The summed E-state index contributed by atoms with van der Waals surface area (Å²) in [5.41, 5.74) is 2.60. The monoisotopic (exact) mass is 509 g/mol. The summed E-state index contributed by atoms with van der Waals surface area (Å²) in [7, 11) is 1.67. The lowest BCUT2D eigenvalue weighted by atomic mass is 9.95. The van der Waals surface area contributed by atoms with Gasteiger partial charge in [-0.05, 0) is 55.2 Å². The van der Waals surface area contributed by atoms with Crippen LogP contribution in [0.1, 0.15) is 30.9 Å². The van der Waals surface area contributed by atoms with E-state index in [1.807, 2.05) is 30.3 Å². The second-order valence-electron chi connectivity index (χ2n) is 7.25. The minimum atomic E-state index is 0. The number of fused-ring (bicyclic) bond motifs is 1. The Kier molecular flexibility index (Phi) is 7.10. The number of methoxy groups -OCH3 is 1. The Morgan fingerprint density at radius 1 is 1.07 bits per heavy atom. The Hall–Kier alpha value is -2.16. The van der Waals surface area contributed by atoms with Gasteiger partial charge < -0.3 is 24.8 Å². The van der Waals surface area contributed by atoms with Crippen LogP contribution in [0, 0.1) is 0 Å². The fourth-order valence-corrected chi connectivity index (χ4v) is 3.44. The molecule has 0 bridgehead atoms. The summed E-state index contributed by atoms with van der Waals surface area (Å²) in [6.07, 6.45) is 2.33. The third kappa shape index (κ3) is 5.07. The van der Waals surface area contributed by atoms with Gasteiger partial charge in [0, 0.05) is 18.5 Å². The van der Waals surface area contributed by atoms with Crippen LogP contribution in [-0.2, 0) is 12.0 Å². The van der Waals surface area contributed by atoms with Gasteiger partial charge in [0.25, 0.3) is 0 Å². The highest BCUT2D eigenvalue weighted by Gasteiger charge is 2.44. The van der Waals surface area contributed by atoms with Crippen molar-refractivity contribution in [1.29, 1.82) is 0 Å². The van der Waals surface area contributed by atoms with E-state index in [0.717, 1.165) is 54.7 Å². The molecule has 2 N–H and O–H groups in total. The van der Waals surface area contributed by atoms with Gasteiger partial charge in [0.2, 0.25) is 6.79 Å². The summed E-state index contributed by atoms with van der Waals surface area (Å²) < 4.78 is 16.2. The zero-order valence-corrected chi connectivity index (χ0v) is 19.2. The molecule has 6 nitrogen and oxygen atoms in total. The van der Waals surface area contributed by atoms with Crippen molar-refractivity contribution in [1.82, 2.24) is 10.6 Å². The number of rotatable bonds is 7. The third-order valence-electron chi connectivity index (χ3n) is 5.36. The van der Waals surface area contributed by atoms with E-state index in [4.69, 9.17) is 19.2 Å². The van der Waals surface area contributed by atoms with Crippen LogP contribution in [0.25, 0.3) is 0 Å². The predicted molar refractivity (Wildman–Crippen MR) is 125 cm³/mol. The molecule has 1 aliphatic carbocycles. The van der Waals surface area contributed by atoms with Crippen LogP contribution >= 0.6 is 24.0 Å². The topological polar surface area (TPSA) is 64.1 Å². The van der Waals surface area contributed by atoms with Gasteiger partial charge >= 0.3 is 0 Å². The number of ether oxygens (including phenoxy) is 3. The number of aliphatic imine (C=N–C) groups is 1. The van der Waals surface area contributed by atoms with Crippen LogP contribution in [0.15, 0.2) is 47.5 Å². The molecule has 0 spiro atoms. The molecule has 4 rings (SSSR count). The average molecular weight is 509 g/mol. The maximum absolute atomic E-state index is 5.54. The summed E-state index contributed by atoms with van der Waals surface area (Å²) in [6.45, 7) is 4.69. The normalized spacial score (nSPS) is 16.0. The number of halogens is 1. The predicted octanol–water partition coefficient (Wildman–Crippen LogP) is 3.83. The molecule has 0 radical (unpaired) electrons. The highest BCUT2D eigenvalue weighted by atomic mass is 127. The van der Waals surface area contributed by atoms with E-state index in [2.05, 4.69) is 29.7 Å². The molecular weight excluding hydrogens is 481 g/mol. The molecule has 156 valence electrons. The minimum absolute atomic E-state index is 0. The fourth-order valence-electron chi connectivity index (χ4n) is 3.44. The maximum Gasteiger partial charge on any atom is 0.231 e. The van der Waals surface area contributed by atoms with Gasteiger partial charge in [-0.3, -0.25) is 0 Å². The van der Waals surface area contributed by atoms with Crippen molar-refractivity contribution >= 4 is 29.9 Å². The maximum atomic E-state index is 5.54. The lowest BCUT2D eigenvalue weighted by molar-refractivity contribution is 0.174. The molecule has 7 heteroatoms. The van der Waals surface area contributed by atoms with Crippen LogP contribution in [0.2, 0.25) is 0 Å². The molecule has 2 aromatic carbocycles. The van der Waals surface area contributed by atoms with Crippen molar-refractivity contribution < 1.29 is 14.2 Å². The molecule has 1 fully saturated rings. The van der Waals surface area contributed by atoms with Gasteiger partial charge in [0.05, 0.1) is 13.7 Å². The first-order chi connectivity index (χ1) is 13.7. The lowest BCUT2D eigenvalue weighted by Gasteiger charge is -2.19. The number of hydrogen-bond donors (Lipinski definition) is 2. The van der Waals surface area contributed by atoms with E-state index < -0.39 is 0 Å². The summed E-state index contributed by atoms with van der Waals surface area (Å²) in [5, 5.41) is 6.86. The lowest BCUT2D eigenvalue weighted by Crippen LogP contribution is -2.41. The van der Waals surface area contributed by atoms with Crippen LogP contribution in [0.4, 0.5) is 0 Å². The first-order valence-corrected chi connectivity index (χ1v) is 9.78. The smallest absolute Gasteiger partial charge is 0.231 e. The highest BCUT2D eigenvalue weighted by molar-refractivity contribution is 14.0. The SMILES string of the molecule is CCNC(=NCc1ccc(OC)cc1)NCC1(c2ccc3c(c2)OCO3)CC1.I. The summed E-state index contributed by atoms with van der Waals surface area (Å²) in [5.74, 6) is 3.38. The van der Waals surface area contributed by atoms with E-state index in [1.165, 1.54) is 5.56 Å². The van der Waals surface area contributed by atoms with Gasteiger partial charge in [-0.2, -0.15) is 0 Å². The van der Waals surface area contributed by atoms with Gasteiger partial charge in [-0.15, -0.1) is 24.0 Å². The molecule has 2 aromatic rings. The van der Waals surface area contributed by atoms with Crippen molar-refractivity contribution in [2.75, 3.05) is 27.0 Å². The highest BCUT2D eigenvalue weighted by Crippen LogP contribution is 2.49. The zero-order chi connectivity index (χ0) is 19.4. The number of nitrogens with one attached hydrogen (secondary N) is 2. The summed E-state index contributed by atoms with van der Waals surface area (Å²) in [4.78, 5) is 4.73. The van der Waals surface area contributed by atoms with Crippen molar-refractivity contribution in [3.63, 3.8) is 0 Å². The number of nitrogens with zero attached hydrogens (tertiary/aromatic N) is 1. The second kappa shape index (κ2) is 9.56. The van der Waals surface area contributed by atoms with Gasteiger partial charge in [-0.1, -0.05) is 18.2 Å². The van der Waals surface area contributed by atoms with Crippen molar-refractivity contribution in [3.05, 3.63) is 53.6 Å². The van der Waals surface area contributed by atoms with Gasteiger partial charge in [0.15, 0.2) is 17.5 Å². The Labute approximate surface area is 189 Å². The van der Waals surface area contributed by atoms with E-state index >= 15 is 0 Å². The zero-order valence-electron chi connectivity index (χ0n) is 16.9. The number of guanidine groups is 1. The quantitative estimate of drug-likeness (QED) is 0.338. The van der Waals surface area contributed by atoms with E-state index in [9.17, 15) is 0 Å². The first-order valence-electron chi connectivity index (χ1n) is 9.78. The summed E-state index contributed by atoms with van der Waals surface area (Å²) >= 11 is 0.